The summed E-state index contributed by atoms with van der Waals surface area (Å²) in [5.74, 6) is 0.0266. The summed E-state index contributed by atoms with van der Waals surface area (Å²) in [6.07, 6.45) is 1.30. The molecule has 5 heteroatoms. The molecule has 1 aromatic heterocycles. The smallest absolute Gasteiger partial charge is 0.341 e. The zero-order valence-electron chi connectivity index (χ0n) is 12.1. The highest BCUT2D eigenvalue weighted by Crippen LogP contribution is 2.33. The second-order valence-corrected chi connectivity index (χ2v) is 6.18. The van der Waals surface area contributed by atoms with Crippen LogP contribution in [0, 0.1) is 19.8 Å². The predicted octanol–water partition coefficient (Wildman–Crippen LogP) is 3.53. The van der Waals surface area contributed by atoms with Gasteiger partial charge in [0, 0.05) is 11.3 Å². The van der Waals surface area contributed by atoms with Crippen LogP contribution in [0.4, 0.5) is 5.00 Å². The zero-order valence-corrected chi connectivity index (χ0v) is 12.9. The summed E-state index contributed by atoms with van der Waals surface area (Å²) >= 11 is 1.41. The monoisotopic (exact) mass is 283 g/mol. The molecular formula is C14H21NO3S. The largest absolute Gasteiger partial charge is 0.465 e. The summed E-state index contributed by atoms with van der Waals surface area (Å²) in [5.41, 5.74) is 1.35. The number of thiophene rings is 1. The molecule has 0 saturated carbocycles. The number of rotatable bonds is 5. The molecule has 0 aliphatic rings. The molecule has 106 valence electrons. The number of nitrogens with one attached hydrogen (secondary N) is 1. The fraction of sp³-hybridized carbons (Fsp3) is 0.571. The van der Waals surface area contributed by atoms with Gasteiger partial charge < -0.3 is 10.1 Å². The first-order valence-corrected chi connectivity index (χ1v) is 7.16. The van der Waals surface area contributed by atoms with Crippen molar-refractivity contribution in [2.45, 2.75) is 40.5 Å². The lowest BCUT2D eigenvalue weighted by Crippen LogP contribution is -2.14. The van der Waals surface area contributed by atoms with Crippen molar-refractivity contribution < 1.29 is 14.3 Å². The Bertz CT molecular complexity index is 477. The summed E-state index contributed by atoms with van der Waals surface area (Å²) in [7, 11) is 1.35. The molecule has 1 rings (SSSR count). The summed E-state index contributed by atoms with van der Waals surface area (Å²) in [6.45, 7) is 7.94. The molecule has 0 aliphatic carbocycles. The van der Waals surface area contributed by atoms with Gasteiger partial charge in [-0.3, -0.25) is 4.79 Å². The van der Waals surface area contributed by atoms with Gasteiger partial charge >= 0.3 is 5.97 Å². The number of amides is 1. The Morgan fingerprint density at radius 3 is 2.47 bits per heavy atom. The number of carbonyl (C=O) groups is 2. The van der Waals surface area contributed by atoms with Crippen LogP contribution in [0.1, 0.15) is 47.5 Å². The summed E-state index contributed by atoms with van der Waals surface area (Å²) in [5, 5.41) is 3.41. The topological polar surface area (TPSA) is 55.4 Å². The third-order valence-corrected chi connectivity index (χ3v) is 4.10. The van der Waals surface area contributed by atoms with E-state index >= 15 is 0 Å². The summed E-state index contributed by atoms with van der Waals surface area (Å²) < 4.78 is 4.77. The molecule has 19 heavy (non-hydrogen) atoms. The summed E-state index contributed by atoms with van der Waals surface area (Å²) in [4.78, 5) is 24.6. The van der Waals surface area contributed by atoms with E-state index in [1.54, 1.807) is 0 Å². The van der Waals surface area contributed by atoms with Crippen LogP contribution >= 0.6 is 11.3 Å². The molecule has 0 unspecified atom stereocenters. The van der Waals surface area contributed by atoms with Crippen molar-refractivity contribution in [3.05, 3.63) is 16.0 Å². The van der Waals surface area contributed by atoms with E-state index in [2.05, 4.69) is 19.2 Å². The molecule has 0 aromatic carbocycles. The Labute approximate surface area is 118 Å². The molecule has 0 atom stereocenters. The standard InChI is InChI=1S/C14H21NO3S/c1-8(2)6-7-11(16)15-13-12(14(17)18-5)9(3)10(4)19-13/h8H,6-7H2,1-5H3,(H,15,16). The van der Waals surface area contributed by atoms with Crippen molar-refractivity contribution in [2.24, 2.45) is 5.92 Å². The lowest BCUT2D eigenvalue weighted by atomic mass is 10.1. The highest BCUT2D eigenvalue weighted by molar-refractivity contribution is 7.16. The number of hydrogen-bond acceptors (Lipinski definition) is 4. The highest BCUT2D eigenvalue weighted by atomic mass is 32.1. The van der Waals surface area contributed by atoms with Crippen LogP contribution in [0.2, 0.25) is 0 Å². The first-order valence-electron chi connectivity index (χ1n) is 6.35. The summed E-state index contributed by atoms with van der Waals surface area (Å²) in [6, 6.07) is 0. The molecule has 0 bridgehead atoms. The van der Waals surface area contributed by atoms with Crippen molar-refractivity contribution in [1.82, 2.24) is 0 Å². The lowest BCUT2D eigenvalue weighted by Gasteiger charge is -2.07. The average molecular weight is 283 g/mol. The number of aryl methyl sites for hydroxylation is 1. The van der Waals surface area contributed by atoms with Crippen molar-refractivity contribution >= 4 is 28.2 Å². The molecule has 1 aromatic rings. The molecule has 0 fully saturated rings. The molecule has 0 saturated heterocycles. The maximum absolute atomic E-state index is 11.8. The van der Waals surface area contributed by atoms with E-state index in [0.717, 1.165) is 16.9 Å². The van der Waals surface area contributed by atoms with Crippen LogP contribution in [0.15, 0.2) is 0 Å². The zero-order chi connectivity index (χ0) is 14.6. The van der Waals surface area contributed by atoms with Gasteiger partial charge in [-0.2, -0.15) is 0 Å². The predicted molar refractivity (Wildman–Crippen MR) is 77.8 cm³/mol. The average Bonchev–Trinajstić information content (AvgIpc) is 2.61. The number of esters is 1. The molecule has 1 N–H and O–H groups in total. The van der Waals surface area contributed by atoms with Gasteiger partial charge in [-0.1, -0.05) is 13.8 Å². The van der Waals surface area contributed by atoms with E-state index in [1.165, 1.54) is 18.4 Å². The Morgan fingerprint density at radius 2 is 1.95 bits per heavy atom. The number of anilines is 1. The molecule has 0 radical (unpaired) electrons. The molecule has 0 spiro atoms. The van der Waals surface area contributed by atoms with E-state index < -0.39 is 5.97 Å². The van der Waals surface area contributed by atoms with Gasteiger partial charge in [-0.15, -0.1) is 11.3 Å². The van der Waals surface area contributed by atoms with E-state index in [4.69, 9.17) is 4.74 Å². The van der Waals surface area contributed by atoms with Gasteiger partial charge in [-0.25, -0.2) is 4.79 Å². The van der Waals surface area contributed by atoms with Crippen molar-refractivity contribution in [3.63, 3.8) is 0 Å². The van der Waals surface area contributed by atoms with Crippen molar-refractivity contribution in [2.75, 3.05) is 12.4 Å². The van der Waals surface area contributed by atoms with Gasteiger partial charge in [0.05, 0.1) is 12.7 Å². The Morgan fingerprint density at radius 1 is 1.32 bits per heavy atom. The number of carbonyl (C=O) groups excluding carboxylic acids is 2. The third-order valence-electron chi connectivity index (χ3n) is 2.98. The van der Waals surface area contributed by atoms with Crippen LogP contribution in [-0.2, 0) is 9.53 Å². The van der Waals surface area contributed by atoms with Crippen molar-refractivity contribution in [3.8, 4) is 0 Å². The number of methoxy groups -OCH3 is 1. The van der Waals surface area contributed by atoms with Gasteiger partial charge in [0.25, 0.3) is 0 Å². The van der Waals surface area contributed by atoms with Gasteiger partial charge in [0.2, 0.25) is 5.91 Å². The van der Waals surface area contributed by atoms with E-state index in [-0.39, 0.29) is 5.91 Å². The van der Waals surface area contributed by atoms with Crippen LogP contribution in [0.3, 0.4) is 0 Å². The molecule has 0 aliphatic heterocycles. The molecule has 4 nitrogen and oxygen atoms in total. The van der Waals surface area contributed by atoms with Crippen LogP contribution in [0.25, 0.3) is 0 Å². The lowest BCUT2D eigenvalue weighted by molar-refractivity contribution is -0.116. The van der Waals surface area contributed by atoms with E-state index in [1.807, 2.05) is 13.8 Å². The van der Waals surface area contributed by atoms with Crippen LogP contribution < -0.4 is 5.32 Å². The highest BCUT2D eigenvalue weighted by Gasteiger charge is 2.21. The van der Waals surface area contributed by atoms with Gasteiger partial charge in [-0.05, 0) is 31.7 Å². The minimum atomic E-state index is -0.402. The fourth-order valence-corrected chi connectivity index (χ4v) is 2.74. The minimum absolute atomic E-state index is 0.0555. The Hall–Kier alpha value is -1.36. The maximum atomic E-state index is 11.8. The van der Waals surface area contributed by atoms with E-state index in [9.17, 15) is 9.59 Å². The van der Waals surface area contributed by atoms with E-state index in [0.29, 0.717) is 22.9 Å². The number of hydrogen-bond donors (Lipinski definition) is 1. The maximum Gasteiger partial charge on any atom is 0.341 e. The van der Waals surface area contributed by atoms with Crippen molar-refractivity contribution in [1.29, 1.82) is 0 Å². The Kier molecular flexibility index (Phi) is 5.54. The first kappa shape index (κ1) is 15.7. The molecular weight excluding hydrogens is 262 g/mol. The normalized spacial score (nSPS) is 10.6. The third kappa shape index (κ3) is 4.06. The second kappa shape index (κ2) is 6.70. The quantitative estimate of drug-likeness (QED) is 0.841. The van der Waals surface area contributed by atoms with Gasteiger partial charge in [0.15, 0.2) is 0 Å². The SMILES string of the molecule is COC(=O)c1c(NC(=O)CCC(C)C)sc(C)c1C. The fourth-order valence-electron chi connectivity index (χ4n) is 1.67. The Balaban J connectivity index is 2.86. The minimum Gasteiger partial charge on any atom is -0.465 e. The molecule has 1 amide bonds. The second-order valence-electron chi connectivity index (χ2n) is 4.96. The van der Waals surface area contributed by atoms with Gasteiger partial charge in [0.1, 0.15) is 5.00 Å². The number of ether oxygens (including phenoxy) is 1. The first-order chi connectivity index (χ1) is 8.86. The van der Waals surface area contributed by atoms with Crippen LogP contribution in [0.5, 0.6) is 0 Å². The molecule has 1 heterocycles. The van der Waals surface area contributed by atoms with Crippen LogP contribution in [-0.4, -0.2) is 19.0 Å².